The number of benzene rings is 1. The van der Waals surface area contributed by atoms with Crippen LogP contribution in [0.4, 0.5) is 0 Å². The molecule has 0 heterocycles. The Morgan fingerprint density at radius 2 is 1.67 bits per heavy atom. The van der Waals surface area contributed by atoms with Crippen LogP contribution in [-0.2, 0) is 23.8 Å². The predicted octanol–water partition coefficient (Wildman–Crippen LogP) is 2.10. The minimum atomic E-state index is -3.78. The normalized spacial score (nSPS) is 11.2. The Kier molecular flexibility index (Phi) is 7.40. The van der Waals surface area contributed by atoms with Gasteiger partial charge in [-0.05, 0) is 38.8 Å². The molecule has 1 aromatic rings. The molecule has 0 aliphatic carbocycles. The number of hydrogen-bond donors (Lipinski definition) is 0. The lowest BCUT2D eigenvalue weighted by atomic mass is 10.2. The van der Waals surface area contributed by atoms with Crippen LogP contribution in [0.15, 0.2) is 29.2 Å². The third kappa shape index (κ3) is 6.27. The summed E-state index contributed by atoms with van der Waals surface area (Å²) in [5, 5.41) is 0. The molecule has 0 aliphatic heterocycles. The SMILES string of the molecule is CCOC(C#CCOS(=O)(=O)c1ccc(C)cc1)OCC. The quantitative estimate of drug-likeness (QED) is 0.438. The Balaban J connectivity index is 2.60. The smallest absolute Gasteiger partial charge is 0.297 e. The molecule has 0 bridgehead atoms. The minimum absolute atomic E-state index is 0.112. The molecular weight excluding hydrogens is 292 g/mol. The summed E-state index contributed by atoms with van der Waals surface area (Å²) in [5.74, 6) is 5.26. The topological polar surface area (TPSA) is 61.8 Å². The molecule has 1 aromatic carbocycles. The Bertz CT molecular complexity index is 575. The van der Waals surface area contributed by atoms with Crippen molar-refractivity contribution < 1.29 is 22.1 Å². The number of rotatable bonds is 7. The van der Waals surface area contributed by atoms with Gasteiger partial charge < -0.3 is 9.47 Å². The van der Waals surface area contributed by atoms with Gasteiger partial charge in [-0.25, -0.2) is 0 Å². The molecule has 6 heteroatoms. The predicted molar refractivity (Wildman–Crippen MR) is 79.1 cm³/mol. The third-order valence-electron chi connectivity index (χ3n) is 2.45. The molecule has 5 nitrogen and oxygen atoms in total. The highest BCUT2D eigenvalue weighted by atomic mass is 32.2. The first-order valence-electron chi connectivity index (χ1n) is 6.67. The van der Waals surface area contributed by atoms with E-state index in [2.05, 4.69) is 11.8 Å². The lowest BCUT2D eigenvalue weighted by molar-refractivity contribution is -0.0970. The van der Waals surface area contributed by atoms with E-state index in [9.17, 15) is 8.42 Å². The molecule has 116 valence electrons. The molecule has 0 aliphatic rings. The van der Waals surface area contributed by atoms with Gasteiger partial charge in [-0.2, -0.15) is 8.42 Å². The number of ether oxygens (including phenoxy) is 2. The van der Waals surface area contributed by atoms with Gasteiger partial charge in [0.15, 0.2) is 0 Å². The zero-order valence-corrected chi connectivity index (χ0v) is 13.3. The molecule has 0 aromatic heterocycles. The van der Waals surface area contributed by atoms with Gasteiger partial charge >= 0.3 is 0 Å². The van der Waals surface area contributed by atoms with Gasteiger partial charge in [-0.1, -0.05) is 23.6 Å². The Morgan fingerprint density at radius 1 is 1.10 bits per heavy atom. The lowest BCUT2D eigenvalue weighted by Crippen LogP contribution is -2.15. The van der Waals surface area contributed by atoms with Gasteiger partial charge in [0.25, 0.3) is 10.1 Å². The van der Waals surface area contributed by atoms with Crippen LogP contribution in [0.1, 0.15) is 19.4 Å². The van der Waals surface area contributed by atoms with E-state index in [4.69, 9.17) is 13.7 Å². The fourth-order valence-electron chi connectivity index (χ4n) is 1.44. The van der Waals surface area contributed by atoms with Gasteiger partial charge in [0.05, 0.1) is 4.90 Å². The maximum absolute atomic E-state index is 11.9. The summed E-state index contributed by atoms with van der Waals surface area (Å²) in [6, 6.07) is 6.42. The fourth-order valence-corrected chi connectivity index (χ4v) is 2.26. The van der Waals surface area contributed by atoms with Crippen LogP contribution >= 0.6 is 0 Å². The van der Waals surface area contributed by atoms with E-state index in [1.807, 2.05) is 20.8 Å². The summed E-state index contributed by atoms with van der Waals surface area (Å²) in [6.07, 6.45) is -0.661. The van der Waals surface area contributed by atoms with Gasteiger partial charge in [0, 0.05) is 13.2 Å². The van der Waals surface area contributed by atoms with Gasteiger partial charge in [0.2, 0.25) is 6.29 Å². The van der Waals surface area contributed by atoms with Gasteiger partial charge in [-0.3, -0.25) is 4.18 Å². The van der Waals surface area contributed by atoms with Crippen LogP contribution < -0.4 is 0 Å². The van der Waals surface area contributed by atoms with Crippen molar-refractivity contribution in [2.24, 2.45) is 0 Å². The standard InChI is InChI=1S/C15H20O5S/c1-4-18-15(19-5-2)7-6-12-20-21(16,17)14-10-8-13(3)9-11-14/h8-11,15H,4-5,12H2,1-3H3. The van der Waals surface area contributed by atoms with Gasteiger partial charge in [-0.15, -0.1) is 0 Å². The summed E-state index contributed by atoms with van der Waals surface area (Å²) in [4.78, 5) is 0.112. The summed E-state index contributed by atoms with van der Waals surface area (Å²) >= 11 is 0. The second-order valence-electron chi connectivity index (χ2n) is 4.09. The monoisotopic (exact) mass is 312 g/mol. The van der Waals surface area contributed by atoms with Crippen LogP contribution in [0.2, 0.25) is 0 Å². The third-order valence-corrected chi connectivity index (χ3v) is 3.73. The number of aryl methyl sites for hydroxylation is 1. The number of hydrogen-bond acceptors (Lipinski definition) is 5. The van der Waals surface area contributed by atoms with Crippen molar-refractivity contribution in [2.45, 2.75) is 32.0 Å². The van der Waals surface area contributed by atoms with Crippen LogP contribution in [-0.4, -0.2) is 34.5 Å². The van der Waals surface area contributed by atoms with E-state index in [1.165, 1.54) is 12.1 Å². The summed E-state index contributed by atoms with van der Waals surface area (Å²) in [7, 11) is -3.78. The highest BCUT2D eigenvalue weighted by Crippen LogP contribution is 2.12. The Morgan fingerprint density at radius 3 is 2.19 bits per heavy atom. The zero-order chi connectivity index (χ0) is 15.7. The van der Waals surface area contributed by atoms with E-state index in [-0.39, 0.29) is 11.5 Å². The van der Waals surface area contributed by atoms with Crippen LogP contribution in [0.3, 0.4) is 0 Å². The molecule has 0 saturated carbocycles. The first-order valence-corrected chi connectivity index (χ1v) is 8.08. The molecule has 0 saturated heterocycles. The fraction of sp³-hybridized carbons (Fsp3) is 0.467. The molecule has 0 amide bonds. The molecule has 0 unspecified atom stereocenters. The summed E-state index contributed by atoms with van der Waals surface area (Å²) in [6.45, 7) is 6.21. The summed E-state index contributed by atoms with van der Waals surface area (Å²) in [5.41, 5.74) is 0.977. The van der Waals surface area contributed by atoms with Crippen molar-refractivity contribution in [1.29, 1.82) is 0 Å². The lowest BCUT2D eigenvalue weighted by Gasteiger charge is -2.09. The van der Waals surface area contributed by atoms with Crippen LogP contribution in [0.5, 0.6) is 0 Å². The zero-order valence-electron chi connectivity index (χ0n) is 12.5. The molecule has 0 spiro atoms. The maximum atomic E-state index is 11.9. The van der Waals surface area contributed by atoms with Crippen molar-refractivity contribution >= 4 is 10.1 Å². The van der Waals surface area contributed by atoms with Crippen molar-refractivity contribution in [3.63, 3.8) is 0 Å². The van der Waals surface area contributed by atoms with E-state index in [0.717, 1.165) is 5.56 Å². The Hall–Kier alpha value is -1.39. The first kappa shape index (κ1) is 17.7. The highest BCUT2D eigenvalue weighted by Gasteiger charge is 2.13. The van der Waals surface area contributed by atoms with Crippen molar-refractivity contribution in [1.82, 2.24) is 0 Å². The average molecular weight is 312 g/mol. The molecule has 0 atom stereocenters. The maximum Gasteiger partial charge on any atom is 0.297 e. The molecule has 1 rings (SSSR count). The molecule has 0 radical (unpaired) electrons. The van der Waals surface area contributed by atoms with Crippen LogP contribution in [0, 0.1) is 18.8 Å². The van der Waals surface area contributed by atoms with E-state index in [1.54, 1.807) is 12.1 Å². The van der Waals surface area contributed by atoms with E-state index >= 15 is 0 Å². The Labute approximate surface area is 126 Å². The van der Waals surface area contributed by atoms with Crippen molar-refractivity contribution in [3.05, 3.63) is 29.8 Å². The molecule has 21 heavy (non-hydrogen) atoms. The average Bonchev–Trinajstić information content (AvgIpc) is 2.44. The second kappa shape index (κ2) is 8.80. The van der Waals surface area contributed by atoms with Gasteiger partial charge in [0.1, 0.15) is 6.61 Å². The van der Waals surface area contributed by atoms with E-state index in [0.29, 0.717) is 13.2 Å². The largest absolute Gasteiger partial charge is 0.342 e. The first-order chi connectivity index (χ1) is 9.99. The molecule has 0 fully saturated rings. The molecule has 0 N–H and O–H groups in total. The van der Waals surface area contributed by atoms with Crippen molar-refractivity contribution in [3.8, 4) is 11.8 Å². The highest BCUT2D eigenvalue weighted by molar-refractivity contribution is 7.86. The van der Waals surface area contributed by atoms with Crippen molar-refractivity contribution in [2.75, 3.05) is 19.8 Å². The van der Waals surface area contributed by atoms with E-state index < -0.39 is 16.4 Å². The molecular formula is C15H20O5S. The van der Waals surface area contributed by atoms with Crippen LogP contribution in [0.25, 0.3) is 0 Å². The summed E-state index contributed by atoms with van der Waals surface area (Å²) < 4.78 is 39.0. The second-order valence-corrected chi connectivity index (χ2v) is 5.71. The minimum Gasteiger partial charge on any atom is -0.342 e.